The lowest BCUT2D eigenvalue weighted by atomic mass is 10.1. The number of aryl methyl sites for hydroxylation is 3. The van der Waals surface area contributed by atoms with Gasteiger partial charge in [-0.3, -0.25) is 0 Å². The van der Waals surface area contributed by atoms with Gasteiger partial charge in [-0.25, -0.2) is 17.8 Å². The van der Waals surface area contributed by atoms with Crippen LogP contribution in [0.15, 0.2) is 40.1 Å². The van der Waals surface area contributed by atoms with E-state index in [0.717, 1.165) is 22.4 Å². The average Bonchev–Trinajstić information content (AvgIpc) is 3.15. The molecule has 0 aliphatic carbocycles. The third kappa shape index (κ3) is 3.40. The Morgan fingerprint density at radius 2 is 1.92 bits per heavy atom. The zero-order valence-corrected chi connectivity index (χ0v) is 15.3. The second kappa shape index (κ2) is 6.46. The molecule has 6 nitrogen and oxygen atoms in total. The third-order valence-corrected chi connectivity index (χ3v) is 6.00. The smallest absolute Gasteiger partial charge is 0.220 e. The number of hydrogen-bond donors (Lipinski definition) is 1. The quantitative estimate of drug-likeness (QED) is 0.757. The minimum atomic E-state index is -3.61. The summed E-state index contributed by atoms with van der Waals surface area (Å²) in [5, 5.41) is 11.9. The molecule has 1 aromatic carbocycles. The first-order valence-corrected chi connectivity index (χ1v) is 9.81. The highest BCUT2D eigenvalue weighted by atomic mass is 32.2. The van der Waals surface area contributed by atoms with Crippen LogP contribution in [0.25, 0.3) is 5.69 Å². The highest BCUT2D eigenvalue weighted by molar-refractivity contribution is 7.89. The average molecular weight is 362 g/mol. The van der Waals surface area contributed by atoms with Crippen LogP contribution in [0, 0.1) is 20.8 Å². The Balaban J connectivity index is 1.79. The van der Waals surface area contributed by atoms with Crippen molar-refractivity contribution in [3.63, 3.8) is 0 Å². The van der Waals surface area contributed by atoms with Crippen molar-refractivity contribution in [2.45, 2.75) is 32.2 Å². The van der Waals surface area contributed by atoms with Crippen LogP contribution in [0.3, 0.4) is 0 Å². The van der Waals surface area contributed by atoms with Crippen molar-refractivity contribution >= 4 is 21.4 Å². The molecule has 0 amide bonds. The normalized spacial score (nSPS) is 11.8. The topological polar surface area (TPSA) is 76.9 Å². The first kappa shape index (κ1) is 16.8. The molecule has 0 fully saturated rings. The van der Waals surface area contributed by atoms with E-state index >= 15 is 0 Å². The Morgan fingerprint density at radius 3 is 2.54 bits per heavy atom. The monoisotopic (exact) mass is 362 g/mol. The lowest BCUT2D eigenvalue weighted by Gasteiger charge is -2.12. The molecular formula is C16H18N4O2S2. The van der Waals surface area contributed by atoms with Crippen molar-refractivity contribution in [3.05, 3.63) is 57.5 Å². The Hall–Kier alpha value is -2.03. The summed E-state index contributed by atoms with van der Waals surface area (Å²) in [5.74, 6) is 0. The van der Waals surface area contributed by atoms with Gasteiger partial charge < -0.3 is 0 Å². The number of benzene rings is 1. The van der Waals surface area contributed by atoms with Crippen molar-refractivity contribution in [2.75, 3.05) is 0 Å². The molecule has 0 saturated heterocycles. The zero-order valence-electron chi connectivity index (χ0n) is 13.6. The van der Waals surface area contributed by atoms with Gasteiger partial charge in [0.05, 0.1) is 29.0 Å². The van der Waals surface area contributed by atoms with E-state index in [1.807, 2.05) is 35.9 Å². The molecule has 126 valence electrons. The van der Waals surface area contributed by atoms with E-state index in [1.165, 1.54) is 0 Å². The van der Waals surface area contributed by atoms with Crippen LogP contribution in [-0.4, -0.2) is 23.4 Å². The van der Waals surface area contributed by atoms with Crippen molar-refractivity contribution < 1.29 is 8.42 Å². The molecule has 0 aliphatic heterocycles. The summed E-state index contributed by atoms with van der Waals surface area (Å²) in [6.07, 6.45) is 1.72. The maximum Gasteiger partial charge on any atom is 0.241 e. The number of aromatic nitrogens is 3. The molecule has 0 radical (unpaired) electrons. The van der Waals surface area contributed by atoms with Gasteiger partial charge in [-0.2, -0.15) is 11.3 Å². The Labute approximate surface area is 145 Å². The molecule has 2 aromatic heterocycles. The summed E-state index contributed by atoms with van der Waals surface area (Å²) in [5.41, 5.74) is 3.99. The lowest BCUT2D eigenvalue weighted by Crippen LogP contribution is -2.25. The maximum atomic E-state index is 12.6. The van der Waals surface area contributed by atoms with Gasteiger partial charge in [0, 0.05) is 5.38 Å². The van der Waals surface area contributed by atoms with Crippen molar-refractivity contribution in [2.24, 2.45) is 0 Å². The molecule has 0 bridgehead atoms. The minimum Gasteiger partial charge on any atom is -0.220 e. The van der Waals surface area contributed by atoms with Gasteiger partial charge in [-0.15, -0.1) is 5.10 Å². The number of rotatable bonds is 5. The standard InChI is InChI=1S/C16H18N4O2S2/c1-11-6-12(2)16(13(3)7-11)24(21,22)17-8-14-9-20(19-18-14)15-4-5-23-10-15/h4-7,9-10,17H,8H2,1-3H3. The summed E-state index contributed by atoms with van der Waals surface area (Å²) < 4.78 is 29.5. The number of sulfonamides is 1. The van der Waals surface area contributed by atoms with Gasteiger partial charge >= 0.3 is 0 Å². The first-order valence-electron chi connectivity index (χ1n) is 7.38. The Morgan fingerprint density at radius 1 is 1.21 bits per heavy atom. The predicted molar refractivity (Wildman–Crippen MR) is 93.9 cm³/mol. The molecule has 8 heteroatoms. The molecule has 0 unspecified atom stereocenters. The van der Waals surface area contributed by atoms with E-state index < -0.39 is 10.0 Å². The van der Waals surface area contributed by atoms with Gasteiger partial charge in [0.25, 0.3) is 0 Å². The van der Waals surface area contributed by atoms with Gasteiger partial charge in [0.15, 0.2) is 0 Å². The lowest BCUT2D eigenvalue weighted by molar-refractivity contribution is 0.579. The molecule has 0 aliphatic rings. The second-order valence-electron chi connectivity index (χ2n) is 5.69. The van der Waals surface area contributed by atoms with Crippen molar-refractivity contribution in [1.29, 1.82) is 0 Å². The highest BCUT2D eigenvalue weighted by Crippen LogP contribution is 2.21. The van der Waals surface area contributed by atoms with E-state index in [2.05, 4.69) is 15.0 Å². The largest absolute Gasteiger partial charge is 0.241 e. The predicted octanol–water partition coefficient (Wildman–Crippen LogP) is 2.73. The minimum absolute atomic E-state index is 0.0965. The Bertz CT molecular complexity index is 937. The summed E-state index contributed by atoms with van der Waals surface area (Å²) in [7, 11) is -3.61. The second-order valence-corrected chi connectivity index (χ2v) is 8.17. The fourth-order valence-electron chi connectivity index (χ4n) is 2.73. The number of nitrogens with zero attached hydrogens (tertiary/aromatic N) is 3. The van der Waals surface area contributed by atoms with Gasteiger partial charge in [-0.1, -0.05) is 22.9 Å². The third-order valence-electron chi connectivity index (χ3n) is 3.63. The molecule has 2 heterocycles. The summed E-state index contributed by atoms with van der Waals surface area (Å²) in [4.78, 5) is 0.332. The van der Waals surface area contributed by atoms with Crippen LogP contribution >= 0.6 is 11.3 Å². The van der Waals surface area contributed by atoms with E-state index in [9.17, 15) is 8.42 Å². The zero-order chi connectivity index (χ0) is 17.3. The van der Waals surface area contributed by atoms with Crippen molar-refractivity contribution in [3.8, 4) is 5.69 Å². The van der Waals surface area contributed by atoms with Crippen LogP contribution < -0.4 is 4.72 Å². The van der Waals surface area contributed by atoms with Crippen molar-refractivity contribution in [1.82, 2.24) is 19.7 Å². The summed E-state index contributed by atoms with van der Waals surface area (Å²) in [6, 6.07) is 5.66. The van der Waals surface area contributed by atoms with Crippen LogP contribution in [0.2, 0.25) is 0 Å². The Kier molecular flexibility index (Phi) is 4.53. The van der Waals surface area contributed by atoms with Gasteiger partial charge in [-0.05, 0) is 43.3 Å². The molecule has 3 aromatic rings. The number of hydrogen-bond acceptors (Lipinski definition) is 5. The molecule has 0 saturated carbocycles. The van der Waals surface area contributed by atoms with Crippen LogP contribution in [-0.2, 0) is 16.6 Å². The maximum absolute atomic E-state index is 12.6. The fourth-order valence-corrected chi connectivity index (χ4v) is 4.80. The SMILES string of the molecule is Cc1cc(C)c(S(=O)(=O)NCc2cn(-c3ccsc3)nn2)c(C)c1. The molecule has 3 rings (SSSR count). The van der Waals surface area contributed by atoms with Gasteiger partial charge in [0.1, 0.15) is 0 Å². The molecular weight excluding hydrogens is 344 g/mol. The summed E-state index contributed by atoms with van der Waals surface area (Å²) in [6.45, 7) is 5.66. The van der Waals surface area contributed by atoms with Crippen LogP contribution in [0.5, 0.6) is 0 Å². The van der Waals surface area contributed by atoms with Crippen LogP contribution in [0.4, 0.5) is 0 Å². The van der Waals surface area contributed by atoms with E-state index in [-0.39, 0.29) is 6.54 Å². The molecule has 0 spiro atoms. The number of thiophene rings is 1. The van der Waals surface area contributed by atoms with E-state index in [0.29, 0.717) is 10.6 Å². The summed E-state index contributed by atoms with van der Waals surface area (Å²) >= 11 is 1.56. The molecule has 0 atom stereocenters. The van der Waals surface area contributed by atoms with E-state index in [4.69, 9.17) is 0 Å². The van der Waals surface area contributed by atoms with Gasteiger partial charge in [0.2, 0.25) is 10.0 Å². The highest BCUT2D eigenvalue weighted by Gasteiger charge is 2.20. The number of nitrogens with one attached hydrogen (secondary N) is 1. The fraction of sp³-hybridized carbons (Fsp3) is 0.250. The first-order chi connectivity index (χ1) is 11.4. The van der Waals surface area contributed by atoms with E-state index in [1.54, 1.807) is 36.1 Å². The molecule has 1 N–H and O–H groups in total. The van der Waals surface area contributed by atoms with Crippen LogP contribution in [0.1, 0.15) is 22.4 Å². The molecule has 24 heavy (non-hydrogen) atoms.